The number of benzene rings is 1. The first kappa shape index (κ1) is 11.3. The van der Waals surface area contributed by atoms with Crippen molar-refractivity contribution in [1.82, 2.24) is 10.2 Å². The monoisotopic (exact) mass is 300 g/mol. The number of aromatic nitrogens is 2. The van der Waals surface area contributed by atoms with Crippen molar-refractivity contribution in [3.05, 3.63) is 34.6 Å². The highest BCUT2D eigenvalue weighted by atomic mass is 79.9. The zero-order valence-corrected chi connectivity index (χ0v) is 10.3. The van der Waals surface area contributed by atoms with Gasteiger partial charge in [0.05, 0.1) is 11.4 Å². The summed E-state index contributed by atoms with van der Waals surface area (Å²) in [5.41, 5.74) is 0.739. The number of halogens is 2. The van der Waals surface area contributed by atoms with Crippen LogP contribution >= 0.6 is 27.5 Å². The van der Waals surface area contributed by atoms with Crippen LogP contribution in [0.5, 0.6) is 0 Å². The van der Waals surface area contributed by atoms with E-state index in [9.17, 15) is 4.79 Å². The van der Waals surface area contributed by atoms with Gasteiger partial charge in [-0.05, 0) is 28.1 Å². The Balaban J connectivity index is 2.39. The summed E-state index contributed by atoms with van der Waals surface area (Å²) in [6.45, 7) is 0. The van der Waals surface area contributed by atoms with Gasteiger partial charge in [0.2, 0.25) is 11.7 Å². The summed E-state index contributed by atoms with van der Waals surface area (Å²) >= 11 is 8.74. The Labute approximate surface area is 105 Å². The highest BCUT2D eigenvalue weighted by molar-refractivity contribution is 9.10. The maximum absolute atomic E-state index is 11.2. The van der Waals surface area contributed by atoms with Crippen molar-refractivity contribution in [1.29, 1.82) is 0 Å². The molecule has 0 saturated heterocycles. The third-order valence-electron chi connectivity index (χ3n) is 1.89. The molecule has 0 radical (unpaired) electrons. The van der Waals surface area contributed by atoms with E-state index in [0.29, 0.717) is 5.89 Å². The molecule has 4 nitrogen and oxygen atoms in total. The first-order valence-corrected chi connectivity index (χ1v) is 5.72. The largest absolute Gasteiger partial charge is 0.413 e. The van der Waals surface area contributed by atoms with Gasteiger partial charge >= 0.3 is 0 Å². The molecule has 0 spiro atoms. The summed E-state index contributed by atoms with van der Waals surface area (Å²) in [7, 11) is 0. The van der Waals surface area contributed by atoms with E-state index in [0.717, 1.165) is 10.0 Å². The van der Waals surface area contributed by atoms with Crippen molar-refractivity contribution >= 4 is 33.3 Å². The molecule has 0 aliphatic carbocycles. The number of hydrogen-bond acceptors (Lipinski definition) is 4. The van der Waals surface area contributed by atoms with Gasteiger partial charge < -0.3 is 4.42 Å². The molecule has 0 N–H and O–H groups in total. The Morgan fingerprint density at radius 2 is 2.12 bits per heavy atom. The van der Waals surface area contributed by atoms with Crippen molar-refractivity contribution in [3.63, 3.8) is 0 Å². The summed E-state index contributed by atoms with van der Waals surface area (Å²) in [6.07, 6.45) is 0. The Bertz CT molecular complexity index is 527. The van der Waals surface area contributed by atoms with Gasteiger partial charge in [0.25, 0.3) is 5.89 Å². The molecule has 1 aromatic carbocycles. The number of hydrogen-bond donors (Lipinski definition) is 0. The third kappa shape index (κ3) is 2.15. The number of alkyl halides is 1. The number of carbonyl (C=O) groups excluding carboxylic acids is 1. The van der Waals surface area contributed by atoms with Gasteiger partial charge in [-0.3, -0.25) is 4.79 Å². The second-order valence-electron chi connectivity index (χ2n) is 2.95. The lowest BCUT2D eigenvalue weighted by Crippen LogP contribution is -1.99. The van der Waals surface area contributed by atoms with E-state index < -0.39 is 0 Å². The smallest absolute Gasteiger partial charge is 0.285 e. The number of carbonyl (C=O) groups is 1. The van der Waals surface area contributed by atoms with Crippen molar-refractivity contribution in [2.24, 2.45) is 0 Å². The average Bonchev–Trinajstić information content (AvgIpc) is 2.78. The summed E-state index contributed by atoms with van der Waals surface area (Å²) < 4.78 is 6.04. The van der Waals surface area contributed by atoms with Crippen LogP contribution in [0.4, 0.5) is 0 Å². The maximum Gasteiger partial charge on any atom is 0.285 e. The van der Waals surface area contributed by atoms with Gasteiger partial charge in [-0.1, -0.05) is 12.1 Å². The molecule has 16 heavy (non-hydrogen) atoms. The molecule has 82 valence electrons. The van der Waals surface area contributed by atoms with E-state index >= 15 is 0 Å². The highest BCUT2D eigenvalue weighted by Gasteiger charge is 2.15. The molecule has 0 aliphatic rings. The van der Waals surface area contributed by atoms with Gasteiger partial charge in [0.15, 0.2) is 0 Å². The highest BCUT2D eigenvalue weighted by Crippen LogP contribution is 2.26. The summed E-state index contributed by atoms with van der Waals surface area (Å²) in [6, 6.07) is 7.37. The fraction of sp³-hybridized carbons (Fsp3) is 0.100. The zero-order chi connectivity index (χ0) is 11.5. The molecule has 0 atom stereocenters. The summed E-state index contributed by atoms with van der Waals surface area (Å²) in [4.78, 5) is 11.2. The third-order valence-corrected chi connectivity index (χ3v) is 2.82. The topological polar surface area (TPSA) is 56.0 Å². The van der Waals surface area contributed by atoms with Crippen LogP contribution in [-0.4, -0.2) is 21.9 Å². The van der Waals surface area contributed by atoms with Crippen molar-refractivity contribution in [3.8, 4) is 11.5 Å². The lowest BCUT2D eigenvalue weighted by Gasteiger charge is -1.96. The Morgan fingerprint density at radius 1 is 1.38 bits per heavy atom. The minimum absolute atomic E-state index is 0.0687. The quantitative estimate of drug-likeness (QED) is 0.646. The number of nitrogens with zero attached hydrogens (tertiary/aromatic N) is 2. The molecular weight excluding hydrogens is 295 g/mol. The first-order chi connectivity index (χ1) is 7.72. The normalized spacial score (nSPS) is 10.4. The number of Topliss-reactive ketones (excluding diaryl/α,β-unsaturated/α-hetero) is 1. The van der Waals surface area contributed by atoms with E-state index in [1.54, 1.807) is 0 Å². The van der Waals surface area contributed by atoms with Crippen molar-refractivity contribution in [2.45, 2.75) is 0 Å². The van der Waals surface area contributed by atoms with E-state index in [4.69, 9.17) is 16.0 Å². The van der Waals surface area contributed by atoms with Crippen molar-refractivity contribution in [2.75, 3.05) is 5.88 Å². The van der Waals surface area contributed by atoms with Gasteiger partial charge in [0, 0.05) is 4.47 Å². The van der Waals surface area contributed by atoms with Crippen LogP contribution in [0.1, 0.15) is 10.7 Å². The first-order valence-electron chi connectivity index (χ1n) is 4.40. The summed E-state index contributed by atoms with van der Waals surface area (Å²) in [5, 5.41) is 7.42. The molecule has 0 amide bonds. The van der Waals surface area contributed by atoms with Crippen LogP contribution < -0.4 is 0 Å². The molecule has 2 aromatic rings. The van der Waals surface area contributed by atoms with Crippen LogP contribution in [0.15, 0.2) is 33.2 Å². The lowest BCUT2D eigenvalue weighted by molar-refractivity contribution is 0.0985. The molecule has 1 aromatic heterocycles. The molecule has 0 unspecified atom stereocenters. The van der Waals surface area contributed by atoms with Gasteiger partial charge in [-0.15, -0.1) is 21.8 Å². The second-order valence-corrected chi connectivity index (χ2v) is 4.07. The maximum atomic E-state index is 11.2. The van der Waals surface area contributed by atoms with Gasteiger partial charge in [-0.25, -0.2) is 0 Å². The fourth-order valence-corrected chi connectivity index (χ4v) is 1.71. The minimum atomic E-state index is -0.382. The molecule has 0 fully saturated rings. The van der Waals surface area contributed by atoms with Gasteiger partial charge in [0.1, 0.15) is 0 Å². The van der Waals surface area contributed by atoms with E-state index in [-0.39, 0.29) is 17.6 Å². The van der Waals surface area contributed by atoms with Crippen LogP contribution in [0.25, 0.3) is 11.5 Å². The SMILES string of the molecule is O=C(CCl)c1nnc(-c2ccccc2Br)o1. The van der Waals surface area contributed by atoms with E-state index in [2.05, 4.69) is 26.1 Å². The molecule has 2 rings (SSSR count). The number of rotatable bonds is 3. The second kappa shape index (κ2) is 4.76. The van der Waals surface area contributed by atoms with Crippen LogP contribution in [-0.2, 0) is 0 Å². The molecule has 0 aliphatic heterocycles. The molecular formula is C10H6BrClN2O2. The Hall–Kier alpha value is -1.20. The standard InChI is InChI=1S/C10H6BrClN2O2/c11-7-4-2-1-3-6(7)9-13-14-10(16-9)8(15)5-12/h1-4H,5H2. The zero-order valence-electron chi connectivity index (χ0n) is 7.98. The van der Waals surface area contributed by atoms with E-state index in [1.165, 1.54) is 0 Å². The number of ketones is 1. The van der Waals surface area contributed by atoms with Crippen LogP contribution in [0.3, 0.4) is 0 Å². The van der Waals surface area contributed by atoms with Crippen LogP contribution in [0.2, 0.25) is 0 Å². The molecule has 6 heteroatoms. The lowest BCUT2D eigenvalue weighted by atomic mass is 10.2. The van der Waals surface area contributed by atoms with Crippen molar-refractivity contribution < 1.29 is 9.21 Å². The molecule has 1 heterocycles. The average molecular weight is 302 g/mol. The Kier molecular flexibility index (Phi) is 3.36. The molecule has 0 bridgehead atoms. The van der Waals surface area contributed by atoms with E-state index in [1.807, 2.05) is 24.3 Å². The predicted octanol–water partition coefficient (Wildman–Crippen LogP) is 2.92. The van der Waals surface area contributed by atoms with Crippen LogP contribution in [0, 0.1) is 0 Å². The molecule has 0 saturated carbocycles. The minimum Gasteiger partial charge on any atom is -0.413 e. The fourth-order valence-electron chi connectivity index (χ4n) is 1.14. The van der Waals surface area contributed by atoms with Gasteiger partial charge in [-0.2, -0.15) is 0 Å². The Morgan fingerprint density at radius 3 is 2.81 bits per heavy atom. The summed E-state index contributed by atoms with van der Waals surface area (Å²) in [5.74, 6) is -0.327. The predicted molar refractivity (Wildman–Crippen MR) is 62.5 cm³/mol.